The van der Waals surface area contributed by atoms with E-state index >= 15 is 0 Å². The molecule has 2 rings (SSSR count). The Hall–Kier alpha value is -0.540. The first-order valence-electron chi connectivity index (χ1n) is 5.07. The lowest BCUT2D eigenvalue weighted by atomic mass is 10.1. The summed E-state index contributed by atoms with van der Waals surface area (Å²) in [7, 11) is 0. The number of piperidine rings is 1. The van der Waals surface area contributed by atoms with Crippen LogP contribution < -0.4 is 10.6 Å². The number of anilines is 1. The monoisotopic (exact) mass is 254 g/mol. The minimum atomic E-state index is 0.582. The number of benzene rings is 1. The third-order valence-corrected chi connectivity index (χ3v) is 2.99. The lowest BCUT2D eigenvalue weighted by Gasteiger charge is -2.24. The average Bonchev–Trinajstić information content (AvgIpc) is 2.19. The predicted molar refractivity (Wildman–Crippen MR) is 63.7 cm³/mol. The van der Waals surface area contributed by atoms with Crippen molar-refractivity contribution >= 4 is 21.6 Å². The molecule has 1 aromatic carbocycles. The van der Waals surface area contributed by atoms with Crippen LogP contribution in [-0.2, 0) is 0 Å². The van der Waals surface area contributed by atoms with Crippen LogP contribution in [0.25, 0.3) is 0 Å². The molecule has 0 radical (unpaired) electrons. The fraction of sp³-hybridized carbons (Fsp3) is 0.455. The minimum Gasteiger partial charge on any atom is -0.381 e. The smallest absolute Gasteiger partial charge is 0.0386 e. The fourth-order valence-electron chi connectivity index (χ4n) is 1.79. The van der Waals surface area contributed by atoms with E-state index in [1.54, 1.807) is 0 Å². The van der Waals surface area contributed by atoms with E-state index in [0.717, 1.165) is 17.6 Å². The van der Waals surface area contributed by atoms with E-state index in [1.807, 2.05) is 6.07 Å². The molecule has 0 amide bonds. The van der Waals surface area contributed by atoms with Gasteiger partial charge in [0.2, 0.25) is 0 Å². The average molecular weight is 255 g/mol. The molecule has 0 bridgehead atoms. The normalized spacial score (nSPS) is 21.9. The van der Waals surface area contributed by atoms with E-state index in [1.165, 1.54) is 18.5 Å². The van der Waals surface area contributed by atoms with Crippen molar-refractivity contribution in [2.45, 2.75) is 18.9 Å². The summed E-state index contributed by atoms with van der Waals surface area (Å²) in [6.45, 7) is 2.24. The van der Waals surface area contributed by atoms with Gasteiger partial charge >= 0.3 is 0 Å². The zero-order chi connectivity index (χ0) is 9.80. The first-order valence-corrected chi connectivity index (χ1v) is 5.87. The van der Waals surface area contributed by atoms with Gasteiger partial charge in [-0.05, 0) is 37.6 Å². The van der Waals surface area contributed by atoms with Crippen LogP contribution in [0.1, 0.15) is 12.8 Å². The maximum Gasteiger partial charge on any atom is 0.0386 e. The summed E-state index contributed by atoms with van der Waals surface area (Å²) < 4.78 is 1.13. The second-order valence-electron chi connectivity index (χ2n) is 3.70. The Labute approximate surface area is 93.2 Å². The Morgan fingerprint density at radius 1 is 1.43 bits per heavy atom. The summed E-state index contributed by atoms with van der Waals surface area (Å²) in [5, 5.41) is 6.92. The first kappa shape index (κ1) is 9.99. The molecule has 1 unspecified atom stereocenters. The highest BCUT2D eigenvalue weighted by Gasteiger charge is 2.11. The van der Waals surface area contributed by atoms with Crippen LogP contribution in [0.2, 0.25) is 0 Å². The van der Waals surface area contributed by atoms with Gasteiger partial charge in [0.1, 0.15) is 0 Å². The second kappa shape index (κ2) is 4.80. The van der Waals surface area contributed by atoms with Crippen molar-refractivity contribution in [1.82, 2.24) is 5.32 Å². The quantitative estimate of drug-likeness (QED) is 0.848. The highest BCUT2D eigenvalue weighted by Crippen LogP contribution is 2.17. The van der Waals surface area contributed by atoms with Gasteiger partial charge in [-0.3, -0.25) is 0 Å². The molecule has 2 nitrogen and oxygen atoms in total. The Bertz CT molecular complexity index is 295. The van der Waals surface area contributed by atoms with Crippen molar-refractivity contribution in [3.63, 3.8) is 0 Å². The number of nitrogens with one attached hydrogen (secondary N) is 2. The molecule has 1 aromatic rings. The van der Waals surface area contributed by atoms with Crippen molar-refractivity contribution in [2.75, 3.05) is 18.4 Å². The van der Waals surface area contributed by atoms with Crippen molar-refractivity contribution in [1.29, 1.82) is 0 Å². The maximum atomic E-state index is 3.53. The molecule has 0 aliphatic carbocycles. The van der Waals surface area contributed by atoms with Gasteiger partial charge in [-0.15, -0.1) is 0 Å². The molecule has 1 saturated heterocycles. The van der Waals surface area contributed by atoms with E-state index in [-0.39, 0.29) is 0 Å². The molecular weight excluding hydrogens is 240 g/mol. The zero-order valence-corrected chi connectivity index (χ0v) is 9.68. The summed E-state index contributed by atoms with van der Waals surface area (Å²) in [5.74, 6) is 0. The molecular formula is C11H15BrN2. The third kappa shape index (κ3) is 2.72. The van der Waals surface area contributed by atoms with Gasteiger partial charge in [-0.1, -0.05) is 22.0 Å². The van der Waals surface area contributed by atoms with Crippen molar-refractivity contribution in [3.05, 3.63) is 28.7 Å². The van der Waals surface area contributed by atoms with Crippen LogP contribution >= 0.6 is 15.9 Å². The van der Waals surface area contributed by atoms with Crippen molar-refractivity contribution in [2.24, 2.45) is 0 Å². The summed E-state index contributed by atoms with van der Waals surface area (Å²) in [6.07, 6.45) is 2.53. The molecule has 1 aliphatic rings. The van der Waals surface area contributed by atoms with Crippen LogP contribution in [0.4, 0.5) is 5.69 Å². The van der Waals surface area contributed by atoms with Crippen molar-refractivity contribution < 1.29 is 0 Å². The number of halogens is 1. The lowest BCUT2D eigenvalue weighted by molar-refractivity contribution is 0.480. The molecule has 0 aromatic heterocycles. The summed E-state index contributed by atoms with van der Waals surface area (Å²) >= 11 is 3.47. The van der Waals surface area contributed by atoms with Gasteiger partial charge in [0, 0.05) is 22.7 Å². The van der Waals surface area contributed by atoms with E-state index in [4.69, 9.17) is 0 Å². The van der Waals surface area contributed by atoms with Gasteiger partial charge in [0.15, 0.2) is 0 Å². The van der Waals surface area contributed by atoms with Gasteiger partial charge in [-0.25, -0.2) is 0 Å². The summed E-state index contributed by atoms with van der Waals surface area (Å²) in [6, 6.07) is 8.92. The molecule has 76 valence electrons. The largest absolute Gasteiger partial charge is 0.381 e. The van der Waals surface area contributed by atoms with E-state index < -0.39 is 0 Å². The molecule has 14 heavy (non-hydrogen) atoms. The van der Waals surface area contributed by atoms with E-state index in [9.17, 15) is 0 Å². The van der Waals surface area contributed by atoms with Gasteiger partial charge < -0.3 is 10.6 Å². The second-order valence-corrected chi connectivity index (χ2v) is 4.61. The topological polar surface area (TPSA) is 24.1 Å². The summed E-state index contributed by atoms with van der Waals surface area (Å²) in [5.41, 5.74) is 1.20. The highest BCUT2D eigenvalue weighted by atomic mass is 79.9. The van der Waals surface area contributed by atoms with Crippen LogP contribution in [0.5, 0.6) is 0 Å². The minimum absolute atomic E-state index is 0.582. The number of hydrogen-bond acceptors (Lipinski definition) is 2. The molecule has 1 aliphatic heterocycles. The Kier molecular flexibility index (Phi) is 3.43. The molecule has 1 atom stereocenters. The highest BCUT2D eigenvalue weighted by molar-refractivity contribution is 9.10. The number of rotatable bonds is 2. The van der Waals surface area contributed by atoms with Gasteiger partial charge in [0.25, 0.3) is 0 Å². The fourth-order valence-corrected chi connectivity index (χ4v) is 2.19. The first-order chi connectivity index (χ1) is 6.84. The van der Waals surface area contributed by atoms with Gasteiger partial charge in [0.05, 0.1) is 0 Å². The molecule has 0 spiro atoms. The third-order valence-electron chi connectivity index (χ3n) is 2.49. The molecule has 0 saturated carbocycles. The van der Waals surface area contributed by atoms with E-state index in [0.29, 0.717) is 6.04 Å². The Morgan fingerprint density at radius 3 is 3.07 bits per heavy atom. The maximum absolute atomic E-state index is 3.53. The molecule has 1 fully saturated rings. The number of hydrogen-bond donors (Lipinski definition) is 2. The van der Waals surface area contributed by atoms with Crippen LogP contribution in [-0.4, -0.2) is 19.1 Å². The standard InChI is InChI=1S/C11H15BrN2/c12-9-3-1-4-10(7-9)14-11-5-2-6-13-8-11/h1,3-4,7,11,13-14H,2,5-6,8H2. The molecule has 1 heterocycles. The van der Waals surface area contributed by atoms with Crippen LogP contribution in [0.15, 0.2) is 28.7 Å². The summed E-state index contributed by atoms with van der Waals surface area (Å²) in [4.78, 5) is 0. The Morgan fingerprint density at radius 2 is 2.36 bits per heavy atom. The SMILES string of the molecule is Brc1cccc(NC2CCCNC2)c1. The predicted octanol–water partition coefficient (Wildman–Crippen LogP) is 2.61. The lowest BCUT2D eigenvalue weighted by Crippen LogP contribution is -2.38. The van der Waals surface area contributed by atoms with Crippen LogP contribution in [0, 0.1) is 0 Å². The Balaban J connectivity index is 1.95. The zero-order valence-electron chi connectivity index (χ0n) is 8.09. The van der Waals surface area contributed by atoms with Gasteiger partial charge in [-0.2, -0.15) is 0 Å². The van der Waals surface area contributed by atoms with E-state index in [2.05, 4.69) is 44.8 Å². The van der Waals surface area contributed by atoms with Crippen LogP contribution in [0.3, 0.4) is 0 Å². The molecule has 3 heteroatoms. The van der Waals surface area contributed by atoms with Crippen molar-refractivity contribution in [3.8, 4) is 0 Å². The molecule has 2 N–H and O–H groups in total.